The van der Waals surface area contributed by atoms with E-state index in [2.05, 4.69) is 78.2 Å². The van der Waals surface area contributed by atoms with Crippen LogP contribution in [0.3, 0.4) is 0 Å². The molecule has 0 unspecified atom stereocenters. The number of amidine groups is 1. The van der Waals surface area contributed by atoms with E-state index in [0.717, 1.165) is 60.7 Å². The molecule has 3 nitrogen and oxygen atoms in total. The zero-order chi connectivity index (χ0) is 24.8. The number of hydrogen-bond donors (Lipinski definition) is 3. The quantitative estimate of drug-likeness (QED) is 0.193. The standard InChI is InChI=1S/C30H21N3S3/c1-17-21(18-11-5-2-6-12-18)23(19-13-7-3-8-14-19)24(20-15-9-4-10-16-20)25-22(17)26(32-28(25)31)27-29(34)33-30(35)36-27/h2-16H,1H3,(H2,31,32)(H,33,34,35). The number of thiocarbonyl (C=S) groups is 2. The Hall–Kier alpha value is -3.58. The molecule has 2 aliphatic heterocycles. The zero-order valence-corrected chi connectivity index (χ0v) is 21.8. The summed E-state index contributed by atoms with van der Waals surface area (Å²) in [5.74, 6) is 0.368. The summed E-state index contributed by atoms with van der Waals surface area (Å²) in [7, 11) is 0. The molecular weight excluding hydrogens is 499 g/mol. The molecule has 0 spiro atoms. The van der Waals surface area contributed by atoms with Gasteiger partial charge in [-0.1, -0.05) is 127 Å². The molecule has 0 aliphatic carbocycles. The molecule has 174 valence electrons. The van der Waals surface area contributed by atoms with Crippen LogP contribution in [-0.2, 0) is 0 Å². The van der Waals surface area contributed by atoms with Crippen LogP contribution < -0.4 is 10.6 Å². The van der Waals surface area contributed by atoms with Crippen LogP contribution in [0.15, 0.2) is 95.9 Å². The molecule has 3 N–H and O–H groups in total. The third-order valence-electron chi connectivity index (χ3n) is 6.53. The lowest BCUT2D eigenvalue weighted by molar-refractivity contribution is 1.29. The minimum Gasteiger partial charge on any atom is -0.339 e. The molecule has 0 atom stereocenters. The van der Waals surface area contributed by atoms with Crippen LogP contribution in [0, 0.1) is 12.3 Å². The van der Waals surface area contributed by atoms with Crippen LogP contribution in [0.2, 0.25) is 0 Å². The maximum atomic E-state index is 9.11. The van der Waals surface area contributed by atoms with Crippen molar-refractivity contribution in [3.05, 3.63) is 113 Å². The Kier molecular flexibility index (Phi) is 5.80. The van der Waals surface area contributed by atoms with Crippen molar-refractivity contribution in [2.24, 2.45) is 0 Å². The van der Waals surface area contributed by atoms with E-state index in [4.69, 9.17) is 29.8 Å². The highest BCUT2D eigenvalue weighted by atomic mass is 32.2. The molecule has 2 heterocycles. The van der Waals surface area contributed by atoms with Gasteiger partial charge in [0.1, 0.15) is 15.1 Å². The van der Waals surface area contributed by atoms with Crippen LogP contribution in [0.5, 0.6) is 0 Å². The average Bonchev–Trinajstić information content (AvgIpc) is 3.43. The Morgan fingerprint density at radius 3 is 1.56 bits per heavy atom. The maximum Gasteiger partial charge on any atom is 0.143 e. The van der Waals surface area contributed by atoms with Gasteiger partial charge in [-0.05, 0) is 40.3 Å². The van der Waals surface area contributed by atoms with Crippen molar-refractivity contribution in [2.75, 3.05) is 0 Å². The molecule has 0 saturated carbocycles. The van der Waals surface area contributed by atoms with Gasteiger partial charge in [-0.2, -0.15) is 0 Å². The first-order valence-corrected chi connectivity index (χ1v) is 13.2. The van der Waals surface area contributed by atoms with Crippen molar-refractivity contribution in [3.63, 3.8) is 0 Å². The van der Waals surface area contributed by atoms with Gasteiger partial charge in [0.05, 0.1) is 10.6 Å². The van der Waals surface area contributed by atoms with Crippen molar-refractivity contribution in [3.8, 4) is 33.4 Å². The summed E-state index contributed by atoms with van der Waals surface area (Å²) in [6.07, 6.45) is 0. The smallest absolute Gasteiger partial charge is 0.143 e. The Balaban J connectivity index is 1.82. The minimum atomic E-state index is 0.368. The van der Waals surface area contributed by atoms with Crippen LogP contribution in [0.1, 0.15) is 16.7 Å². The second kappa shape index (κ2) is 9.13. The predicted molar refractivity (Wildman–Crippen MR) is 160 cm³/mol. The van der Waals surface area contributed by atoms with Crippen molar-refractivity contribution in [1.82, 2.24) is 10.6 Å². The lowest BCUT2D eigenvalue weighted by atomic mass is 9.79. The van der Waals surface area contributed by atoms with Crippen LogP contribution in [0.4, 0.5) is 0 Å². The van der Waals surface area contributed by atoms with Gasteiger partial charge in [-0.15, -0.1) is 0 Å². The SMILES string of the molecule is Cc1c2c(c(-c3ccccc3)c(-c3ccccc3)c1-c1ccccc1)C(=N)NC2=C1SC(=S)NC1=S. The van der Waals surface area contributed by atoms with Gasteiger partial charge in [-0.3, -0.25) is 5.41 Å². The number of nitrogens with one attached hydrogen (secondary N) is 3. The van der Waals surface area contributed by atoms with E-state index in [9.17, 15) is 0 Å². The highest BCUT2D eigenvalue weighted by Crippen LogP contribution is 2.50. The third-order valence-corrected chi connectivity index (χ3v) is 8.22. The molecule has 0 aromatic heterocycles. The first-order chi connectivity index (χ1) is 17.5. The summed E-state index contributed by atoms with van der Waals surface area (Å²) in [5, 5.41) is 15.6. The summed E-state index contributed by atoms with van der Waals surface area (Å²) in [6.45, 7) is 2.15. The largest absolute Gasteiger partial charge is 0.339 e. The molecule has 4 aromatic carbocycles. The Morgan fingerprint density at radius 2 is 1.08 bits per heavy atom. The fraction of sp³-hybridized carbons (Fsp3) is 0.0333. The van der Waals surface area contributed by atoms with Gasteiger partial charge in [0.15, 0.2) is 0 Å². The minimum absolute atomic E-state index is 0.368. The number of thioether (sulfide) groups is 1. The summed E-state index contributed by atoms with van der Waals surface area (Å²) in [6, 6.07) is 31.3. The van der Waals surface area contributed by atoms with E-state index in [-0.39, 0.29) is 0 Å². The highest BCUT2D eigenvalue weighted by Gasteiger charge is 2.36. The normalized spacial score (nSPS) is 16.6. The fourth-order valence-corrected chi connectivity index (χ4v) is 6.64. The van der Waals surface area contributed by atoms with Gasteiger partial charge in [0.2, 0.25) is 0 Å². The molecule has 6 rings (SSSR count). The summed E-state index contributed by atoms with van der Waals surface area (Å²) < 4.78 is 0.634. The molecule has 0 radical (unpaired) electrons. The summed E-state index contributed by atoms with van der Waals surface area (Å²) in [4.78, 5) is 1.47. The van der Waals surface area contributed by atoms with Crippen molar-refractivity contribution in [1.29, 1.82) is 5.41 Å². The Morgan fingerprint density at radius 1 is 0.611 bits per heavy atom. The van der Waals surface area contributed by atoms with Gasteiger partial charge in [0, 0.05) is 16.7 Å². The lowest BCUT2D eigenvalue weighted by Gasteiger charge is -2.23. The highest BCUT2D eigenvalue weighted by molar-refractivity contribution is 8.27. The third kappa shape index (κ3) is 3.69. The second-order valence-corrected chi connectivity index (χ2v) is 10.7. The van der Waals surface area contributed by atoms with Crippen molar-refractivity contribution in [2.45, 2.75) is 6.92 Å². The molecule has 36 heavy (non-hydrogen) atoms. The number of hydrogen-bond acceptors (Lipinski definition) is 4. The maximum absolute atomic E-state index is 9.11. The van der Waals surface area contributed by atoms with E-state index in [0.29, 0.717) is 15.1 Å². The van der Waals surface area contributed by atoms with E-state index >= 15 is 0 Å². The molecule has 6 heteroatoms. The van der Waals surface area contributed by atoms with Crippen molar-refractivity contribution >= 4 is 57.0 Å². The molecule has 1 saturated heterocycles. The van der Waals surface area contributed by atoms with E-state index < -0.39 is 0 Å². The van der Waals surface area contributed by atoms with Gasteiger partial charge in [0.25, 0.3) is 0 Å². The van der Waals surface area contributed by atoms with E-state index in [1.807, 2.05) is 30.3 Å². The monoisotopic (exact) mass is 519 g/mol. The topological polar surface area (TPSA) is 47.9 Å². The first-order valence-electron chi connectivity index (χ1n) is 11.5. The average molecular weight is 520 g/mol. The Bertz CT molecular complexity index is 1590. The predicted octanol–water partition coefficient (Wildman–Crippen LogP) is 7.54. The van der Waals surface area contributed by atoms with Gasteiger partial charge >= 0.3 is 0 Å². The number of benzene rings is 4. The molecule has 0 bridgehead atoms. The fourth-order valence-electron chi connectivity index (χ4n) is 5.09. The molecular formula is C30H21N3S3. The van der Waals surface area contributed by atoms with E-state index in [1.54, 1.807) is 0 Å². The van der Waals surface area contributed by atoms with Crippen molar-refractivity contribution < 1.29 is 0 Å². The number of fused-ring (bicyclic) bond motifs is 1. The second-order valence-electron chi connectivity index (χ2n) is 8.65. The number of rotatable bonds is 3. The summed E-state index contributed by atoms with van der Waals surface area (Å²) >= 11 is 12.5. The van der Waals surface area contributed by atoms with E-state index in [1.165, 1.54) is 11.8 Å². The Labute approximate surface area is 225 Å². The van der Waals surface area contributed by atoms with Crippen LogP contribution >= 0.6 is 36.2 Å². The van der Waals surface area contributed by atoms with Crippen LogP contribution in [0.25, 0.3) is 39.1 Å². The lowest BCUT2D eigenvalue weighted by Crippen LogP contribution is -2.18. The van der Waals surface area contributed by atoms with Gasteiger partial charge < -0.3 is 10.6 Å². The van der Waals surface area contributed by atoms with Crippen LogP contribution in [-0.4, -0.2) is 15.1 Å². The van der Waals surface area contributed by atoms with Gasteiger partial charge in [-0.25, -0.2) is 0 Å². The first kappa shape index (κ1) is 22.9. The molecule has 0 amide bonds. The molecule has 1 fully saturated rings. The molecule has 4 aromatic rings. The zero-order valence-electron chi connectivity index (χ0n) is 19.4. The summed E-state index contributed by atoms with van der Waals surface area (Å²) in [5.41, 5.74) is 10.5. The molecule has 2 aliphatic rings.